The number of hydrogen-bond donors (Lipinski definition) is 1. The van der Waals surface area contributed by atoms with E-state index >= 15 is 0 Å². The van der Waals surface area contributed by atoms with Gasteiger partial charge >= 0.3 is 0 Å². The molecule has 0 radical (unpaired) electrons. The molecule has 2 amide bonds. The van der Waals surface area contributed by atoms with Crippen LogP contribution in [0.3, 0.4) is 0 Å². The molecule has 0 unspecified atom stereocenters. The molecule has 2 atom stereocenters. The van der Waals surface area contributed by atoms with Gasteiger partial charge in [0.15, 0.2) is 0 Å². The Morgan fingerprint density at radius 1 is 0.853 bits per heavy atom. The van der Waals surface area contributed by atoms with Gasteiger partial charge in [-0.25, -0.2) is 0 Å². The summed E-state index contributed by atoms with van der Waals surface area (Å²) in [4.78, 5) is 28.5. The first-order chi connectivity index (χ1) is 16.4. The van der Waals surface area contributed by atoms with Gasteiger partial charge in [-0.05, 0) is 49.1 Å². The maximum atomic E-state index is 13.8. The van der Waals surface area contributed by atoms with Gasteiger partial charge in [0, 0.05) is 29.4 Å². The molecule has 178 valence electrons. The van der Waals surface area contributed by atoms with Crippen molar-refractivity contribution >= 4 is 27.7 Å². The van der Waals surface area contributed by atoms with Crippen LogP contribution in [0.25, 0.3) is 0 Å². The minimum Gasteiger partial charge on any atom is -0.352 e. The highest BCUT2D eigenvalue weighted by molar-refractivity contribution is 9.10. The van der Waals surface area contributed by atoms with Crippen LogP contribution in [-0.4, -0.2) is 28.8 Å². The Labute approximate surface area is 211 Å². The Kier molecular flexibility index (Phi) is 9.46. The summed E-state index contributed by atoms with van der Waals surface area (Å²) in [5.41, 5.74) is 3.15. The van der Waals surface area contributed by atoms with Crippen molar-refractivity contribution in [3.05, 3.63) is 106 Å². The molecule has 0 aliphatic carbocycles. The summed E-state index contributed by atoms with van der Waals surface area (Å²) in [5.74, 6) is -0.268. The fraction of sp³-hybridized carbons (Fsp3) is 0.310. The summed E-state index contributed by atoms with van der Waals surface area (Å²) in [6, 6.07) is 27.5. The summed E-state index contributed by atoms with van der Waals surface area (Å²) in [7, 11) is 0. The molecular weight excluding hydrogens is 488 g/mol. The SMILES string of the molecule is CC[C@@H](C)NC(=O)[C@@H](C)N(Cc1ccc(Br)cc1)C(=O)CC(c1ccccc1)c1ccccc1. The van der Waals surface area contributed by atoms with E-state index in [0.717, 1.165) is 27.6 Å². The number of amides is 2. The molecule has 3 aromatic rings. The number of carbonyl (C=O) groups excluding carboxylic acids is 2. The number of nitrogens with zero attached hydrogens (tertiary/aromatic N) is 1. The molecule has 3 aromatic carbocycles. The van der Waals surface area contributed by atoms with E-state index in [9.17, 15) is 9.59 Å². The summed E-state index contributed by atoms with van der Waals surface area (Å²) in [6.07, 6.45) is 1.12. The molecule has 0 aliphatic rings. The van der Waals surface area contributed by atoms with E-state index in [1.165, 1.54) is 0 Å². The second-order valence-electron chi connectivity index (χ2n) is 8.72. The Balaban J connectivity index is 1.90. The van der Waals surface area contributed by atoms with E-state index in [1.807, 2.05) is 81.4 Å². The van der Waals surface area contributed by atoms with Gasteiger partial charge in [-0.15, -0.1) is 0 Å². The molecule has 0 bridgehead atoms. The topological polar surface area (TPSA) is 49.4 Å². The van der Waals surface area contributed by atoms with Crippen LogP contribution in [-0.2, 0) is 16.1 Å². The highest BCUT2D eigenvalue weighted by Crippen LogP contribution is 2.29. The summed E-state index contributed by atoms with van der Waals surface area (Å²) in [6.45, 7) is 6.20. The van der Waals surface area contributed by atoms with Gasteiger partial charge in [-0.3, -0.25) is 9.59 Å². The predicted molar refractivity (Wildman–Crippen MR) is 141 cm³/mol. The first kappa shape index (κ1) is 25.7. The average molecular weight is 521 g/mol. The fourth-order valence-electron chi connectivity index (χ4n) is 3.93. The second kappa shape index (κ2) is 12.5. The Hall–Kier alpha value is -2.92. The predicted octanol–water partition coefficient (Wildman–Crippen LogP) is 6.30. The average Bonchev–Trinajstić information content (AvgIpc) is 2.87. The number of hydrogen-bond acceptors (Lipinski definition) is 2. The molecule has 5 heteroatoms. The largest absolute Gasteiger partial charge is 0.352 e. The number of nitrogens with one attached hydrogen (secondary N) is 1. The zero-order valence-corrected chi connectivity index (χ0v) is 21.7. The van der Waals surface area contributed by atoms with E-state index in [4.69, 9.17) is 0 Å². The molecule has 0 saturated carbocycles. The molecule has 34 heavy (non-hydrogen) atoms. The van der Waals surface area contributed by atoms with Gasteiger partial charge in [0.1, 0.15) is 6.04 Å². The van der Waals surface area contributed by atoms with Crippen LogP contribution in [0, 0.1) is 0 Å². The maximum absolute atomic E-state index is 13.8. The van der Waals surface area contributed by atoms with E-state index in [-0.39, 0.29) is 30.2 Å². The lowest BCUT2D eigenvalue weighted by Crippen LogP contribution is -2.49. The minimum atomic E-state index is -0.586. The van der Waals surface area contributed by atoms with E-state index < -0.39 is 6.04 Å². The Morgan fingerprint density at radius 3 is 1.88 bits per heavy atom. The van der Waals surface area contributed by atoms with Crippen LogP contribution in [0.4, 0.5) is 0 Å². The van der Waals surface area contributed by atoms with Gasteiger partial charge < -0.3 is 10.2 Å². The van der Waals surface area contributed by atoms with E-state index in [0.29, 0.717) is 6.54 Å². The third-order valence-electron chi connectivity index (χ3n) is 6.22. The van der Waals surface area contributed by atoms with Crippen molar-refractivity contribution in [3.8, 4) is 0 Å². The lowest BCUT2D eigenvalue weighted by Gasteiger charge is -2.31. The molecule has 0 aliphatic heterocycles. The highest BCUT2D eigenvalue weighted by atomic mass is 79.9. The van der Waals surface area contributed by atoms with Gasteiger partial charge in [0.25, 0.3) is 0 Å². The molecule has 0 aromatic heterocycles. The standard InChI is InChI=1S/C29H33BrN2O2/c1-4-21(2)31-29(34)22(3)32(20-23-15-17-26(30)18-16-23)28(33)19-27(24-11-7-5-8-12-24)25-13-9-6-10-14-25/h5-18,21-22,27H,4,19-20H2,1-3H3,(H,31,34)/t21-,22-/m1/s1. The number of benzene rings is 3. The van der Waals surface area contributed by atoms with E-state index in [2.05, 4.69) is 45.5 Å². The molecule has 0 heterocycles. The second-order valence-corrected chi connectivity index (χ2v) is 9.64. The molecule has 1 N–H and O–H groups in total. The van der Waals surface area contributed by atoms with Crippen LogP contribution in [0.1, 0.15) is 56.2 Å². The number of rotatable bonds is 10. The summed E-state index contributed by atoms with van der Waals surface area (Å²) in [5, 5.41) is 3.04. The highest BCUT2D eigenvalue weighted by Gasteiger charge is 2.29. The van der Waals surface area contributed by atoms with Crippen molar-refractivity contribution < 1.29 is 9.59 Å². The molecule has 4 nitrogen and oxygen atoms in total. The minimum absolute atomic E-state index is 0.0487. The van der Waals surface area contributed by atoms with E-state index in [1.54, 1.807) is 4.90 Å². The van der Waals surface area contributed by atoms with Crippen LogP contribution < -0.4 is 5.32 Å². The van der Waals surface area contributed by atoms with Crippen molar-refractivity contribution in [1.82, 2.24) is 10.2 Å². The molecule has 0 saturated heterocycles. The lowest BCUT2D eigenvalue weighted by atomic mass is 9.88. The van der Waals surface area contributed by atoms with Crippen LogP contribution in [0.5, 0.6) is 0 Å². The fourth-order valence-corrected chi connectivity index (χ4v) is 4.19. The monoisotopic (exact) mass is 520 g/mol. The summed E-state index contributed by atoms with van der Waals surface area (Å²) >= 11 is 3.47. The Bertz CT molecular complexity index is 1020. The normalized spacial score (nSPS) is 12.7. The van der Waals surface area contributed by atoms with Crippen molar-refractivity contribution in [2.24, 2.45) is 0 Å². The van der Waals surface area contributed by atoms with Crippen LogP contribution in [0.15, 0.2) is 89.4 Å². The molecule has 3 rings (SSSR count). The molecular formula is C29H33BrN2O2. The van der Waals surface area contributed by atoms with Crippen molar-refractivity contribution in [2.75, 3.05) is 0 Å². The van der Waals surface area contributed by atoms with Crippen molar-refractivity contribution in [1.29, 1.82) is 0 Å². The first-order valence-corrected chi connectivity index (χ1v) is 12.6. The van der Waals surface area contributed by atoms with Crippen LogP contribution in [0.2, 0.25) is 0 Å². The molecule has 0 fully saturated rings. The van der Waals surface area contributed by atoms with Gasteiger partial charge in [0.05, 0.1) is 0 Å². The van der Waals surface area contributed by atoms with Crippen molar-refractivity contribution in [3.63, 3.8) is 0 Å². The third kappa shape index (κ3) is 7.04. The summed E-state index contributed by atoms with van der Waals surface area (Å²) < 4.78 is 0.977. The third-order valence-corrected chi connectivity index (χ3v) is 6.75. The van der Waals surface area contributed by atoms with Crippen molar-refractivity contribution in [2.45, 2.75) is 58.2 Å². The van der Waals surface area contributed by atoms with Crippen LogP contribution >= 0.6 is 15.9 Å². The van der Waals surface area contributed by atoms with Gasteiger partial charge in [0.2, 0.25) is 11.8 Å². The number of carbonyl (C=O) groups is 2. The molecule has 0 spiro atoms. The zero-order valence-electron chi connectivity index (χ0n) is 20.1. The first-order valence-electron chi connectivity index (χ1n) is 11.8. The Morgan fingerprint density at radius 2 is 1.38 bits per heavy atom. The van der Waals surface area contributed by atoms with Gasteiger partial charge in [-0.1, -0.05) is 95.7 Å². The maximum Gasteiger partial charge on any atom is 0.242 e. The number of halogens is 1. The smallest absolute Gasteiger partial charge is 0.242 e. The quantitative estimate of drug-likeness (QED) is 0.340. The van der Waals surface area contributed by atoms with Gasteiger partial charge in [-0.2, -0.15) is 0 Å². The zero-order chi connectivity index (χ0) is 24.5. The lowest BCUT2D eigenvalue weighted by molar-refractivity contribution is -0.141.